The lowest BCUT2D eigenvalue weighted by Crippen LogP contribution is -2.26. The van der Waals surface area contributed by atoms with Gasteiger partial charge in [-0.05, 0) is 79.1 Å². The first-order valence-corrected chi connectivity index (χ1v) is 13.8. The van der Waals surface area contributed by atoms with Crippen molar-refractivity contribution in [1.82, 2.24) is 29.7 Å². The van der Waals surface area contributed by atoms with Crippen molar-refractivity contribution >= 4 is 0 Å². The molecule has 0 saturated heterocycles. The molecule has 4 heterocycles. The van der Waals surface area contributed by atoms with E-state index in [1.165, 1.54) is 22.3 Å². The summed E-state index contributed by atoms with van der Waals surface area (Å²) in [7, 11) is 0. The summed E-state index contributed by atoms with van der Waals surface area (Å²) in [5.41, 5.74) is 9.48. The van der Waals surface area contributed by atoms with Gasteiger partial charge in [-0.2, -0.15) is 0 Å². The first-order valence-electron chi connectivity index (χ1n) is 13.8. The topological polar surface area (TPSA) is 58.0 Å². The molecule has 5 rings (SSSR count). The van der Waals surface area contributed by atoms with E-state index >= 15 is 0 Å². The zero-order valence-corrected chi connectivity index (χ0v) is 23.3. The maximum absolute atomic E-state index is 4.60. The second-order valence-electron chi connectivity index (χ2n) is 10.3. The molecule has 0 aliphatic heterocycles. The summed E-state index contributed by atoms with van der Waals surface area (Å²) in [4.78, 5) is 23.2. The highest BCUT2D eigenvalue weighted by Gasteiger charge is 2.16. The fourth-order valence-corrected chi connectivity index (χ4v) is 5.04. The quantitative estimate of drug-likeness (QED) is 0.190. The Hall–Kier alpha value is -4.26. The van der Waals surface area contributed by atoms with E-state index in [0.29, 0.717) is 0 Å². The fraction of sp³-hybridized carbons (Fsp3) is 0.235. The number of aryl methyl sites for hydroxylation is 1. The van der Waals surface area contributed by atoms with Crippen LogP contribution in [0.4, 0.5) is 0 Å². The van der Waals surface area contributed by atoms with Crippen molar-refractivity contribution in [3.05, 3.63) is 155 Å². The van der Waals surface area contributed by atoms with E-state index < -0.39 is 0 Å². The zero-order valence-electron chi connectivity index (χ0n) is 23.3. The Morgan fingerprint density at radius 2 is 0.775 bits per heavy atom. The largest absolute Gasteiger partial charge is 0.287 e. The lowest BCUT2D eigenvalue weighted by molar-refractivity contribution is 0.236. The van der Waals surface area contributed by atoms with Gasteiger partial charge in [-0.25, -0.2) is 0 Å². The first-order chi connectivity index (χ1) is 19.6. The number of hydrogen-bond acceptors (Lipinski definition) is 6. The van der Waals surface area contributed by atoms with Gasteiger partial charge in [-0.3, -0.25) is 29.7 Å². The minimum atomic E-state index is 0.756. The van der Waals surface area contributed by atoms with E-state index in [4.69, 9.17) is 0 Å². The van der Waals surface area contributed by atoms with Gasteiger partial charge >= 0.3 is 0 Å². The zero-order chi connectivity index (χ0) is 27.6. The van der Waals surface area contributed by atoms with Gasteiger partial charge in [0, 0.05) is 64.1 Å². The van der Waals surface area contributed by atoms with Crippen LogP contribution in [-0.2, 0) is 39.3 Å². The molecule has 0 amide bonds. The van der Waals surface area contributed by atoms with E-state index in [9.17, 15) is 0 Å². The van der Waals surface area contributed by atoms with Crippen molar-refractivity contribution < 1.29 is 0 Å². The molecule has 0 radical (unpaired) electrons. The minimum absolute atomic E-state index is 0.756. The first kappa shape index (κ1) is 27.3. The van der Waals surface area contributed by atoms with Crippen LogP contribution in [0.15, 0.2) is 110 Å². The summed E-state index contributed by atoms with van der Waals surface area (Å²) in [6.45, 7) is 9.09. The molecule has 0 aliphatic carbocycles. The standard InChI is InChI=1S/C34H36N6/c1-27-19-29(21-39(23-31-11-3-7-15-35-31)24-32-12-4-8-16-36-32)28(2)30(20-27)22-40(25-33-13-5-9-17-37-33)26-34-14-6-10-18-38-34/h3-20H,21-26H2,1-2H3. The molecule has 40 heavy (non-hydrogen) atoms. The van der Waals surface area contributed by atoms with E-state index in [1.54, 1.807) is 0 Å². The Morgan fingerprint density at radius 3 is 1.05 bits per heavy atom. The molecule has 0 atom stereocenters. The Morgan fingerprint density at radius 1 is 0.450 bits per heavy atom. The lowest BCUT2D eigenvalue weighted by Gasteiger charge is -2.26. The Balaban J connectivity index is 1.40. The van der Waals surface area contributed by atoms with E-state index in [2.05, 4.69) is 104 Å². The molecule has 0 unspecified atom stereocenters. The number of hydrogen-bond donors (Lipinski definition) is 0. The smallest absolute Gasteiger partial charge is 0.0544 e. The van der Waals surface area contributed by atoms with Crippen molar-refractivity contribution in [3.63, 3.8) is 0 Å². The second kappa shape index (κ2) is 13.7. The molecule has 0 bridgehead atoms. The highest BCUT2D eigenvalue weighted by atomic mass is 15.1. The minimum Gasteiger partial charge on any atom is -0.287 e. The summed E-state index contributed by atoms with van der Waals surface area (Å²) in [6.07, 6.45) is 7.45. The summed E-state index contributed by atoms with van der Waals surface area (Å²) >= 11 is 0. The fourth-order valence-electron chi connectivity index (χ4n) is 5.04. The molecule has 0 N–H and O–H groups in total. The molecule has 6 nitrogen and oxygen atoms in total. The molecule has 6 heteroatoms. The van der Waals surface area contributed by atoms with Gasteiger partial charge in [0.2, 0.25) is 0 Å². The summed E-state index contributed by atoms with van der Waals surface area (Å²) < 4.78 is 0. The number of aromatic nitrogens is 4. The van der Waals surface area contributed by atoms with Crippen LogP contribution < -0.4 is 0 Å². The third-order valence-electron chi connectivity index (χ3n) is 7.00. The SMILES string of the molecule is Cc1cc(CN(Cc2ccccn2)Cc2ccccn2)c(C)c(CN(Cc2ccccn2)Cc2ccccn2)c1. The van der Waals surface area contributed by atoms with Crippen LogP contribution in [0.5, 0.6) is 0 Å². The van der Waals surface area contributed by atoms with Crippen LogP contribution in [0, 0.1) is 13.8 Å². The van der Waals surface area contributed by atoms with Crippen molar-refractivity contribution in [2.45, 2.75) is 53.1 Å². The van der Waals surface area contributed by atoms with Crippen LogP contribution in [0.1, 0.15) is 45.0 Å². The van der Waals surface area contributed by atoms with Crippen LogP contribution in [-0.4, -0.2) is 29.7 Å². The van der Waals surface area contributed by atoms with Crippen LogP contribution in [0.25, 0.3) is 0 Å². The molecular formula is C34H36N6. The molecule has 0 saturated carbocycles. The van der Waals surface area contributed by atoms with Crippen molar-refractivity contribution in [2.24, 2.45) is 0 Å². The molecule has 5 aromatic rings. The Labute approximate surface area is 237 Å². The van der Waals surface area contributed by atoms with Gasteiger partial charge < -0.3 is 0 Å². The lowest BCUT2D eigenvalue weighted by atomic mass is 9.97. The molecule has 202 valence electrons. The molecule has 0 fully saturated rings. The van der Waals surface area contributed by atoms with Crippen molar-refractivity contribution in [3.8, 4) is 0 Å². The van der Waals surface area contributed by atoms with E-state index in [-0.39, 0.29) is 0 Å². The van der Waals surface area contributed by atoms with Crippen LogP contribution in [0.3, 0.4) is 0 Å². The maximum atomic E-state index is 4.60. The monoisotopic (exact) mass is 528 g/mol. The predicted molar refractivity (Wildman–Crippen MR) is 159 cm³/mol. The van der Waals surface area contributed by atoms with E-state index in [1.807, 2.05) is 49.1 Å². The van der Waals surface area contributed by atoms with Crippen molar-refractivity contribution in [1.29, 1.82) is 0 Å². The third-order valence-corrected chi connectivity index (χ3v) is 7.00. The number of rotatable bonds is 12. The van der Waals surface area contributed by atoms with Crippen LogP contribution in [0.2, 0.25) is 0 Å². The number of nitrogens with zero attached hydrogens (tertiary/aromatic N) is 6. The second-order valence-corrected chi connectivity index (χ2v) is 10.3. The molecule has 4 aromatic heterocycles. The van der Waals surface area contributed by atoms with Gasteiger partial charge in [0.05, 0.1) is 22.8 Å². The van der Waals surface area contributed by atoms with Gasteiger partial charge in [0.25, 0.3) is 0 Å². The summed E-state index contributed by atoms with van der Waals surface area (Å²) in [5, 5.41) is 0. The predicted octanol–water partition coefficient (Wildman–Crippen LogP) is 6.29. The van der Waals surface area contributed by atoms with Crippen molar-refractivity contribution in [2.75, 3.05) is 0 Å². The normalized spacial score (nSPS) is 11.3. The molecule has 0 aliphatic rings. The molecule has 1 aromatic carbocycles. The van der Waals surface area contributed by atoms with E-state index in [0.717, 1.165) is 62.0 Å². The molecular weight excluding hydrogens is 492 g/mol. The highest BCUT2D eigenvalue weighted by Crippen LogP contribution is 2.23. The number of pyridine rings is 4. The van der Waals surface area contributed by atoms with Gasteiger partial charge in [-0.15, -0.1) is 0 Å². The Kier molecular flexibility index (Phi) is 9.35. The Bertz CT molecular complexity index is 1270. The number of benzene rings is 1. The summed E-state index contributed by atoms with van der Waals surface area (Å²) in [6, 6.07) is 29.1. The summed E-state index contributed by atoms with van der Waals surface area (Å²) in [5.74, 6) is 0. The average Bonchev–Trinajstić information content (AvgIpc) is 2.97. The van der Waals surface area contributed by atoms with Crippen LogP contribution >= 0.6 is 0 Å². The van der Waals surface area contributed by atoms with Gasteiger partial charge in [0.1, 0.15) is 0 Å². The van der Waals surface area contributed by atoms with Gasteiger partial charge in [0.15, 0.2) is 0 Å². The highest BCUT2D eigenvalue weighted by molar-refractivity contribution is 5.38. The molecule has 0 spiro atoms. The van der Waals surface area contributed by atoms with Gasteiger partial charge in [-0.1, -0.05) is 42.0 Å². The average molecular weight is 529 g/mol. The maximum Gasteiger partial charge on any atom is 0.0544 e. The third kappa shape index (κ3) is 7.88.